The molecular weight excluding hydrogens is 192 g/mol. The van der Waals surface area contributed by atoms with Crippen LogP contribution in [-0.4, -0.2) is 16.8 Å². The monoisotopic (exact) mass is 204 g/mol. The molecule has 1 aromatic carbocycles. The Balaban J connectivity index is 2.36. The topological polar surface area (TPSA) is 72.3 Å². The second-order valence-electron chi connectivity index (χ2n) is 3.25. The molecule has 1 aromatic heterocycles. The van der Waals surface area contributed by atoms with Crippen molar-refractivity contribution in [2.45, 2.75) is 6.42 Å². The summed E-state index contributed by atoms with van der Waals surface area (Å²) >= 11 is 0. The molecule has 3 N–H and O–H groups in total. The maximum absolute atomic E-state index is 9.17. The molecule has 78 valence electrons. The number of rotatable bonds is 3. The molecule has 0 aliphatic heterocycles. The zero-order valence-corrected chi connectivity index (χ0v) is 8.18. The number of aromatic nitrogens is 1. The zero-order chi connectivity index (χ0) is 10.7. The van der Waals surface area contributed by atoms with Gasteiger partial charge >= 0.3 is 0 Å². The fraction of sp³-hybridized carbons (Fsp3) is 0.182. The third-order valence-corrected chi connectivity index (χ3v) is 2.19. The van der Waals surface area contributed by atoms with Crippen LogP contribution in [0.3, 0.4) is 0 Å². The van der Waals surface area contributed by atoms with Crippen molar-refractivity contribution in [1.29, 1.82) is 0 Å². The van der Waals surface area contributed by atoms with Crippen LogP contribution >= 0.6 is 0 Å². The summed E-state index contributed by atoms with van der Waals surface area (Å²) in [5, 5.41) is 12.9. The van der Waals surface area contributed by atoms with Crippen LogP contribution in [0.25, 0.3) is 11.1 Å². The van der Waals surface area contributed by atoms with Crippen LogP contribution in [0.1, 0.15) is 5.76 Å². The fourth-order valence-corrected chi connectivity index (χ4v) is 1.45. The van der Waals surface area contributed by atoms with Crippen molar-refractivity contribution in [3.8, 4) is 16.9 Å². The molecule has 0 saturated heterocycles. The molecule has 0 saturated carbocycles. The molecule has 0 aliphatic carbocycles. The maximum Gasteiger partial charge on any atom is 0.145 e. The Morgan fingerprint density at radius 1 is 1.27 bits per heavy atom. The van der Waals surface area contributed by atoms with Gasteiger partial charge < -0.3 is 15.4 Å². The van der Waals surface area contributed by atoms with Crippen LogP contribution in [0, 0.1) is 0 Å². The molecule has 0 amide bonds. The van der Waals surface area contributed by atoms with Crippen molar-refractivity contribution >= 4 is 0 Å². The number of aromatic hydroxyl groups is 1. The Morgan fingerprint density at radius 3 is 2.67 bits per heavy atom. The minimum atomic E-state index is 0.246. The molecule has 1 heterocycles. The molecule has 2 aromatic rings. The summed E-state index contributed by atoms with van der Waals surface area (Å²) < 4.78 is 5.10. The average Bonchev–Trinajstić information content (AvgIpc) is 2.68. The Hall–Kier alpha value is -1.81. The lowest BCUT2D eigenvalue weighted by Crippen LogP contribution is -2.02. The van der Waals surface area contributed by atoms with Crippen LogP contribution in [0.15, 0.2) is 35.0 Å². The summed E-state index contributed by atoms with van der Waals surface area (Å²) in [5.74, 6) is 1.03. The number of nitrogens with two attached hydrogens (primary N) is 1. The Morgan fingerprint density at radius 2 is 2.00 bits per heavy atom. The van der Waals surface area contributed by atoms with E-state index in [-0.39, 0.29) is 5.75 Å². The molecule has 0 bridgehead atoms. The predicted octanol–water partition coefficient (Wildman–Crippen LogP) is 1.55. The number of phenolic OH excluding ortho intramolecular Hbond substituents is 1. The van der Waals surface area contributed by atoms with Gasteiger partial charge in [0.1, 0.15) is 11.5 Å². The molecule has 4 heteroatoms. The normalized spacial score (nSPS) is 10.5. The van der Waals surface area contributed by atoms with Gasteiger partial charge in [0.15, 0.2) is 0 Å². The number of hydrogen-bond acceptors (Lipinski definition) is 4. The van der Waals surface area contributed by atoms with Gasteiger partial charge in [-0.25, -0.2) is 0 Å². The molecule has 0 radical (unpaired) electrons. The standard InChI is InChI=1S/C11H12N2O2/c12-6-5-11-10(7-13-15-11)8-1-3-9(14)4-2-8/h1-4,7,14H,5-6,12H2. The van der Waals surface area contributed by atoms with Crippen molar-refractivity contribution in [2.24, 2.45) is 5.73 Å². The first-order valence-electron chi connectivity index (χ1n) is 4.74. The van der Waals surface area contributed by atoms with Gasteiger partial charge in [-0.1, -0.05) is 17.3 Å². The molecule has 0 unspecified atom stereocenters. The minimum Gasteiger partial charge on any atom is -0.508 e. The first-order chi connectivity index (χ1) is 7.31. The summed E-state index contributed by atoms with van der Waals surface area (Å²) in [5.41, 5.74) is 7.36. The fourth-order valence-electron chi connectivity index (χ4n) is 1.45. The van der Waals surface area contributed by atoms with E-state index in [0.29, 0.717) is 13.0 Å². The minimum absolute atomic E-state index is 0.246. The number of nitrogens with zero attached hydrogens (tertiary/aromatic N) is 1. The van der Waals surface area contributed by atoms with Gasteiger partial charge in [0.2, 0.25) is 0 Å². The van der Waals surface area contributed by atoms with Gasteiger partial charge in [-0.3, -0.25) is 0 Å². The first-order valence-corrected chi connectivity index (χ1v) is 4.74. The smallest absolute Gasteiger partial charge is 0.145 e. The molecule has 4 nitrogen and oxygen atoms in total. The highest BCUT2D eigenvalue weighted by Crippen LogP contribution is 2.25. The van der Waals surface area contributed by atoms with E-state index in [0.717, 1.165) is 16.9 Å². The Bertz CT molecular complexity index is 434. The summed E-state index contributed by atoms with van der Waals surface area (Å²) in [4.78, 5) is 0. The van der Waals surface area contributed by atoms with E-state index in [9.17, 15) is 0 Å². The largest absolute Gasteiger partial charge is 0.508 e. The number of hydrogen-bond donors (Lipinski definition) is 2. The van der Waals surface area contributed by atoms with E-state index in [1.54, 1.807) is 18.3 Å². The van der Waals surface area contributed by atoms with E-state index in [2.05, 4.69) is 5.16 Å². The second kappa shape index (κ2) is 4.14. The molecule has 0 atom stereocenters. The van der Waals surface area contributed by atoms with Crippen molar-refractivity contribution in [3.63, 3.8) is 0 Å². The lowest BCUT2D eigenvalue weighted by Gasteiger charge is -2.00. The lowest BCUT2D eigenvalue weighted by atomic mass is 10.1. The molecule has 0 aliphatic rings. The van der Waals surface area contributed by atoms with Gasteiger partial charge in [-0.05, 0) is 24.2 Å². The highest BCUT2D eigenvalue weighted by Gasteiger charge is 2.09. The van der Waals surface area contributed by atoms with E-state index >= 15 is 0 Å². The van der Waals surface area contributed by atoms with Crippen LogP contribution < -0.4 is 5.73 Å². The SMILES string of the molecule is NCCc1oncc1-c1ccc(O)cc1. The Labute approximate surface area is 87.3 Å². The predicted molar refractivity (Wildman–Crippen MR) is 56.4 cm³/mol. The summed E-state index contributed by atoms with van der Waals surface area (Å²) in [6, 6.07) is 6.91. The Kier molecular flexibility index (Phi) is 2.69. The van der Waals surface area contributed by atoms with Crippen molar-refractivity contribution in [2.75, 3.05) is 6.54 Å². The van der Waals surface area contributed by atoms with Gasteiger partial charge in [-0.15, -0.1) is 0 Å². The average molecular weight is 204 g/mol. The van der Waals surface area contributed by atoms with Crippen LogP contribution in [0.2, 0.25) is 0 Å². The van der Waals surface area contributed by atoms with E-state index in [4.69, 9.17) is 15.4 Å². The molecule has 2 rings (SSSR count). The molecular formula is C11H12N2O2. The summed E-state index contributed by atoms with van der Waals surface area (Å²) in [6.45, 7) is 0.528. The van der Waals surface area contributed by atoms with Crippen molar-refractivity contribution in [1.82, 2.24) is 5.16 Å². The first kappa shape index (κ1) is 9.73. The van der Waals surface area contributed by atoms with E-state index in [1.165, 1.54) is 0 Å². The van der Waals surface area contributed by atoms with E-state index < -0.39 is 0 Å². The highest BCUT2D eigenvalue weighted by molar-refractivity contribution is 5.65. The second-order valence-corrected chi connectivity index (χ2v) is 3.25. The summed E-state index contributed by atoms with van der Waals surface area (Å²) in [6.07, 6.45) is 2.33. The van der Waals surface area contributed by atoms with Crippen molar-refractivity contribution in [3.05, 3.63) is 36.2 Å². The van der Waals surface area contributed by atoms with Gasteiger partial charge in [0.05, 0.1) is 6.20 Å². The quantitative estimate of drug-likeness (QED) is 0.795. The van der Waals surface area contributed by atoms with E-state index in [1.807, 2.05) is 12.1 Å². The third kappa shape index (κ3) is 1.99. The lowest BCUT2D eigenvalue weighted by molar-refractivity contribution is 0.385. The van der Waals surface area contributed by atoms with Gasteiger partial charge in [0.25, 0.3) is 0 Å². The van der Waals surface area contributed by atoms with Crippen LogP contribution in [0.4, 0.5) is 0 Å². The van der Waals surface area contributed by atoms with Crippen LogP contribution in [0.5, 0.6) is 5.75 Å². The van der Waals surface area contributed by atoms with Crippen molar-refractivity contribution < 1.29 is 9.63 Å². The summed E-state index contributed by atoms with van der Waals surface area (Å²) in [7, 11) is 0. The maximum atomic E-state index is 9.17. The van der Waals surface area contributed by atoms with Gasteiger partial charge in [0, 0.05) is 12.0 Å². The highest BCUT2D eigenvalue weighted by atomic mass is 16.5. The molecule has 0 fully saturated rings. The molecule has 0 spiro atoms. The number of phenols is 1. The molecule has 15 heavy (non-hydrogen) atoms. The number of benzene rings is 1. The van der Waals surface area contributed by atoms with Crippen LogP contribution in [-0.2, 0) is 6.42 Å². The van der Waals surface area contributed by atoms with Gasteiger partial charge in [-0.2, -0.15) is 0 Å². The third-order valence-electron chi connectivity index (χ3n) is 2.19. The zero-order valence-electron chi connectivity index (χ0n) is 8.18.